The van der Waals surface area contributed by atoms with Crippen molar-refractivity contribution >= 4 is 22.8 Å². The summed E-state index contributed by atoms with van der Waals surface area (Å²) in [6.45, 7) is 8.75. The number of piperazine rings is 1. The number of fused-ring (bicyclic) bond motifs is 1. The number of hydrogen-bond donors (Lipinski definition) is 1. The van der Waals surface area contributed by atoms with Gasteiger partial charge in [0.1, 0.15) is 17.9 Å². The molecule has 32 heavy (non-hydrogen) atoms. The quantitative estimate of drug-likeness (QED) is 0.633. The molecule has 9 heteroatoms. The fourth-order valence-corrected chi connectivity index (χ4v) is 4.24. The van der Waals surface area contributed by atoms with Crippen LogP contribution in [0.1, 0.15) is 27.2 Å². The van der Waals surface area contributed by atoms with Gasteiger partial charge in [0.15, 0.2) is 0 Å². The van der Waals surface area contributed by atoms with Gasteiger partial charge in [0.05, 0.1) is 36.3 Å². The van der Waals surface area contributed by atoms with Crippen LogP contribution in [0.2, 0.25) is 0 Å². The van der Waals surface area contributed by atoms with Crippen LogP contribution in [-0.4, -0.2) is 63.1 Å². The van der Waals surface area contributed by atoms with Crippen LogP contribution in [-0.2, 0) is 0 Å². The Kier molecular flexibility index (Phi) is 6.34. The lowest BCUT2D eigenvalue weighted by atomic mass is 10.0. The minimum atomic E-state index is -0.361. The third-order valence-corrected chi connectivity index (χ3v) is 5.66. The zero-order valence-electron chi connectivity index (χ0n) is 18.7. The monoisotopic (exact) mass is 435 g/mol. The normalized spacial score (nSPS) is 16.6. The van der Waals surface area contributed by atoms with Crippen molar-refractivity contribution in [3.8, 4) is 17.0 Å². The number of nitrogens with two attached hydrogens (primary N) is 1. The standard InChI is InChI=1S/C23H29N7O2/c1-4-32-17-8-18(19-10-25-14-28-20(19)9-17)21-11-27-22(12-26-21)29-5-6-30(23(24)31)16(13-29)7-15(2)3/h8-12,14-16H,4-7,13H2,1-3H3,(H2,24,31). The SMILES string of the molecule is CCOc1cc(-c2cnc(N3CCN(C(N)=O)C(CC(C)C)C3)cn2)c2cncnc2c1. The second-order valence-corrected chi connectivity index (χ2v) is 8.38. The minimum absolute atomic E-state index is 0.0618. The average Bonchev–Trinajstić information content (AvgIpc) is 2.78. The highest BCUT2D eigenvalue weighted by atomic mass is 16.5. The summed E-state index contributed by atoms with van der Waals surface area (Å²) in [5, 5.41) is 0.894. The van der Waals surface area contributed by atoms with Gasteiger partial charge in [0.25, 0.3) is 0 Å². The molecule has 0 spiro atoms. The highest BCUT2D eigenvalue weighted by Crippen LogP contribution is 2.31. The maximum atomic E-state index is 11.9. The summed E-state index contributed by atoms with van der Waals surface area (Å²) in [5.41, 5.74) is 8.00. The van der Waals surface area contributed by atoms with E-state index < -0.39 is 0 Å². The zero-order chi connectivity index (χ0) is 22.7. The van der Waals surface area contributed by atoms with Crippen molar-refractivity contribution in [1.82, 2.24) is 24.8 Å². The van der Waals surface area contributed by atoms with Gasteiger partial charge < -0.3 is 20.3 Å². The third-order valence-electron chi connectivity index (χ3n) is 5.66. The van der Waals surface area contributed by atoms with Crippen LogP contribution in [0, 0.1) is 5.92 Å². The van der Waals surface area contributed by atoms with Gasteiger partial charge in [0, 0.05) is 42.8 Å². The van der Waals surface area contributed by atoms with Crippen molar-refractivity contribution in [3.05, 3.63) is 37.1 Å². The van der Waals surface area contributed by atoms with Gasteiger partial charge in [-0.1, -0.05) is 13.8 Å². The molecule has 0 saturated carbocycles. The summed E-state index contributed by atoms with van der Waals surface area (Å²) in [4.78, 5) is 33.7. The molecule has 0 bridgehead atoms. The summed E-state index contributed by atoms with van der Waals surface area (Å²) in [7, 11) is 0. The van der Waals surface area contributed by atoms with E-state index in [2.05, 4.69) is 28.7 Å². The lowest BCUT2D eigenvalue weighted by Gasteiger charge is -2.41. The van der Waals surface area contributed by atoms with Crippen LogP contribution in [0.15, 0.2) is 37.1 Å². The van der Waals surface area contributed by atoms with Gasteiger partial charge in [-0.15, -0.1) is 0 Å². The molecule has 2 amide bonds. The van der Waals surface area contributed by atoms with Gasteiger partial charge in [-0.3, -0.25) is 4.98 Å². The van der Waals surface area contributed by atoms with Crippen molar-refractivity contribution in [2.45, 2.75) is 33.2 Å². The van der Waals surface area contributed by atoms with E-state index >= 15 is 0 Å². The molecular formula is C23H29N7O2. The van der Waals surface area contributed by atoms with Crippen molar-refractivity contribution in [1.29, 1.82) is 0 Å². The number of carbonyl (C=O) groups is 1. The Hall–Kier alpha value is -3.49. The number of nitrogens with zero attached hydrogens (tertiary/aromatic N) is 6. The van der Waals surface area contributed by atoms with E-state index in [1.165, 1.54) is 6.33 Å². The summed E-state index contributed by atoms with van der Waals surface area (Å²) >= 11 is 0. The molecule has 168 valence electrons. The summed E-state index contributed by atoms with van der Waals surface area (Å²) < 4.78 is 5.71. The van der Waals surface area contributed by atoms with Crippen LogP contribution in [0.5, 0.6) is 5.75 Å². The third kappa shape index (κ3) is 4.56. The predicted molar refractivity (Wildman–Crippen MR) is 123 cm³/mol. The Morgan fingerprint density at radius 3 is 2.72 bits per heavy atom. The summed E-state index contributed by atoms with van der Waals surface area (Å²) in [6.07, 6.45) is 7.75. The van der Waals surface area contributed by atoms with Crippen molar-refractivity contribution in [2.24, 2.45) is 11.7 Å². The van der Waals surface area contributed by atoms with Crippen LogP contribution < -0.4 is 15.4 Å². The van der Waals surface area contributed by atoms with E-state index in [-0.39, 0.29) is 12.1 Å². The number of carbonyl (C=O) groups excluding carboxylic acids is 1. The molecule has 4 rings (SSSR count). The molecule has 1 aliphatic rings. The Bertz CT molecular complexity index is 1090. The fourth-order valence-electron chi connectivity index (χ4n) is 4.24. The molecule has 1 unspecified atom stereocenters. The molecule has 3 heterocycles. The molecule has 1 fully saturated rings. The smallest absolute Gasteiger partial charge is 0.315 e. The topological polar surface area (TPSA) is 110 Å². The maximum Gasteiger partial charge on any atom is 0.315 e. The number of hydrogen-bond acceptors (Lipinski definition) is 7. The first-order valence-corrected chi connectivity index (χ1v) is 11.0. The predicted octanol–water partition coefficient (Wildman–Crippen LogP) is 3.10. The number of rotatable bonds is 6. The lowest BCUT2D eigenvalue weighted by molar-refractivity contribution is 0.163. The first-order chi connectivity index (χ1) is 15.5. The number of benzene rings is 1. The maximum absolute atomic E-state index is 11.9. The van der Waals surface area contributed by atoms with Gasteiger partial charge >= 0.3 is 6.03 Å². The van der Waals surface area contributed by atoms with E-state index in [1.54, 1.807) is 23.5 Å². The molecule has 2 aromatic heterocycles. The fraction of sp³-hybridized carbons (Fsp3) is 0.435. The molecule has 1 aliphatic heterocycles. The van der Waals surface area contributed by atoms with Gasteiger partial charge in [-0.25, -0.2) is 19.7 Å². The van der Waals surface area contributed by atoms with Crippen LogP contribution in [0.4, 0.5) is 10.6 Å². The second kappa shape index (κ2) is 9.33. The molecule has 1 saturated heterocycles. The number of aromatic nitrogens is 4. The Morgan fingerprint density at radius 2 is 2.03 bits per heavy atom. The van der Waals surface area contributed by atoms with E-state index in [0.717, 1.165) is 40.1 Å². The molecule has 3 aromatic rings. The van der Waals surface area contributed by atoms with Crippen LogP contribution in [0.3, 0.4) is 0 Å². The van der Waals surface area contributed by atoms with Crippen LogP contribution in [0.25, 0.3) is 22.2 Å². The van der Waals surface area contributed by atoms with E-state index in [4.69, 9.17) is 20.4 Å². The number of anilines is 1. The molecule has 9 nitrogen and oxygen atoms in total. The molecule has 2 N–H and O–H groups in total. The van der Waals surface area contributed by atoms with Gasteiger partial charge in [-0.2, -0.15) is 0 Å². The van der Waals surface area contributed by atoms with Crippen molar-refractivity contribution in [3.63, 3.8) is 0 Å². The minimum Gasteiger partial charge on any atom is -0.494 e. The molecule has 0 radical (unpaired) electrons. The summed E-state index contributed by atoms with van der Waals surface area (Å²) in [6, 6.07) is 3.55. The largest absolute Gasteiger partial charge is 0.494 e. The highest BCUT2D eigenvalue weighted by Gasteiger charge is 2.30. The first-order valence-electron chi connectivity index (χ1n) is 11.0. The van der Waals surface area contributed by atoms with E-state index in [0.29, 0.717) is 32.2 Å². The molecular weight excluding hydrogens is 406 g/mol. The zero-order valence-corrected chi connectivity index (χ0v) is 18.7. The van der Waals surface area contributed by atoms with Gasteiger partial charge in [-0.05, 0) is 25.3 Å². The number of ether oxygens (including phenoxy) is 1. The Balaban J connectivity index is 1.61. The van der Waals surface area contributed by atoms with Crippen LogP contribution >= 0.6 is 0 Å². The molecule has 1 aromatic carbocycles. The summed E-state index contributed by atoms with van der Waals surface area (Å²) in [5.74, 6) is 1.98. The lowest BCUT2D eigenvalue weighted by Crippen LogP contribution is -2.57. The number of amides is 2. The van der Waals surface area contributed by atoms with Gasteiger partial charge in [0.2, 0.25) is 0 Å². The second-order valence-electron chi connectivity index (χ2n) is 8.38. The van der Waals surface area contributed by atoms with E-state index in [9.17, 15) is 4.79 Å². The van der Waals surface area contributed by atoms with Crippen molar-refractivity contribution in [2.75, 3.05) is 31.1 Å². The van der Waals surface area contributed by atoms with E-state index in [1.807, 2.05) is 19.1 Å². The Labute approximate surface area is 187 Å². The number of primary amides is 1. The molecule has 1 atom stereocenters. The first kappa shape index (κ1) is 21.7. The highest BCUT2D eigenvalue weighted by molar-refractivity contribution is 5.94. The Morgan fingerprint density at radius 1 is 1.19 bits per heavy atom. The van der Waals surface area contributed by atoms with Crippen molar-refractivity contribution < 1.29 is 9.53 Å². The number of urea groups is 1. The average molecular weight is 436 g/mol. The molecule has 0 aliphatic carbocycles.